The van der Waals surface area contributed by atoms with Crippen LogP contribution in [0, 0.1) is 14.9 Å². The highest BCUT2D eigenvalue weighted by atomic mass is 32.1. The van der Waals surface area contributed by atoms with Crippen molar-refractivity contribution in [3.05, 3.63) is 60.8 Å². The molecule has 9 nitrogen and oxygen atoms in total. The molecular weight excluding hydrogens is 378 g/mol. The zero-order valence-electron chi connectivity index (χ0n) is 13.4. The number of methoxy groups -OCH3 is 1. The first kappa shape index (κ1) is 17.8. The van der Waals surface area contributed by atoms with Crippen LogP contribution in [0.25, 0.3) is 0 Å². The van der Waals surface area contributed by atoms with Gasteiger partial charge in [0.25, 0.3) is 5.69 Å². The molecule has 3 rings (SSSR count). The Kier molecular flexibility index (Phi) is 5.09. The van der Waals surface area contributed by atoms with Crippen LogP contribution in [0.2, 0.25) is 0 Å². The van der Waals surface area contributed by atoms with E-state index in [4.69, 9.17) is 17.0 Å². The molecule has 0 spiro atoms. The minimum Gasteiger partial charge on any atom is -0.504 e. The Morgan fingerprint density at radius 2 is 2.38 bits per heavy atom. The smallest absolute Gasteiger partial charge is 0.274 e. The van der Waals surface area contributed by atoms with Crippen LogP contribution in [-0.4, -0.2) is 38.2 Å². The number of phenols is 1. The fraction of sp³-hybridized carbons (Fsp3) is 0.133. The Balaban J connectivity index is 1.98. The second-order valence-electron chi connectivity index (χ2n) is 5.10. The van der Waals surface area contributed by atoms with Gasteiger partial charge in [0, 0.05) is 22.9 Å². The third kappa shape index (κ3) is 3.63. The molecule has 0 aliphatic carbocycles. The van der Waals surface area contributed by atoms with Crippen LogP contribution in [0.1, 0.15) is 16.3 Å². The summed E-state index contributed by atoms with van der Waals surface area (Å²) in [5.41, 5.74) is -0.100. The number of thiophene rings is 1. The number of benzene rings is 1. The molecule has 0 fully saturated rings. The number of hydrogen-bond donors (Lipinski definition) is 2. The van der Waals surface area contributed by atoms with Crippen LogP contribution >= 0.6 is 23.6 Å². The summed E-state index contributed by atoms with van der Waals surface area (Å²) >= 11 is 6.75. The molecule has 2 N–H and O–H groups in total. The molecule has 0 unspecified atom stereocenters. The van der Waals surface area contributed by atoms with E-state index in [1.165, 1.54) is 24.1 Å². The van der Waals surface area contributed by atoms with Crippen molar-refractivity contribution in [3.8, 4) is 11.5 Å². The maximum absolute atomic E-state index is 11.0. The highest BCUT2D eigenvalue weighted by Gasteiger charge is 2.16. The lowest BCUT2D eigenvalue weighted by molar-refractivity contribution is -0.385. The lowest BCUT2D eigenvalue weighted by Gasteiger charge is -2.06. The van der Waals surface area contributed by atoms with E-state index in [0.29, 0.717) is 12.2 Å². The van der Waals surface area contributed by atoms with Gasteiger partial charge in [-0.15, -0.1) is 11.3 Å². The number of aromatic nitrogens is 3. The standard InChI is InChI=1S/C15H13N5O4S2/c1-24-12-6-10(20(22)23)5-9(14(12)21)8-16-19-13(17-18-15(19)25)7-11-3-2-4-26-11/h2-6,8,21H,7H2,1H3,(H,18,25)/b16-8-. The number of aromatic hydroxyl groups is 1. The number of nitrogens with zero attached hydrogens (tertiary/aromatic N) is 4. The molecule has 2 heterocycles. The fourth-order valence-electron chi connectivity index (χ4n) is 2.22. The third-order valence-electron chi connectivity index (χ3n) is 3.46. The molecule has 2 aromatic heterocycles. The number of ether oxygens (including phenoxy) is 1. The molecule has 3 aromatic rings. The van der Waals surface area contributed by atoms with E-state index in [-0.39, 0.29) is 27.5 Å². The summed E-state index contributed by atoms with van der Waals surface area (Å²) in [6.07, 6.45) is 1.79. The van der Waals surface area contributed by atoms with Gasteiger partial charge in [-0.3, -0.25) is 15.2 Å². The molecule has 0 aliphatic rings. The quantitative estimate of drug-likeness (QED) is 0.288. The molecule has 0 saturated heterocycles. The van der Waals surface area contributed by atoms with E-state index < -0.39 is 4.92 Å². The van der Waals surface area contributed by atoms with Gasteiger partial charge in [-0.05, 0) is 23.7 Å². The fourth-order valence-corrected chi connectivity index (χ4v) is 3.12. The molecule has 0 amide bonds. The van der Waals surface area contributed by atoms with Crippen LogP contribution in [-0.2, 0) is 6.42 Å². The lowest BCUT2D eigenvalue weighted by Crippen LogP contribution is -2.00. The monoisotopic (exact) mass is 391 g/mol. The van der Waals surface area contributed by atoms with Crippen molar-refractivity contribution in [2.24, 2.45) is 5.10 Å². The van der Waals surface area contributed by atoms with Gasteiger partial charge in [-0.2, -0.15) is 14.9 Å². The highest BCUT2D eigenvalue weighted by Crippen LogP contribution is 2.33. The largest absolute Gasteiger partial charge is 0.504 e. The number of nitro groups is 1. The molecule has 0 saturated carbocycles. The average Bonchev–Trinajstić information content (AvgIpc) is 3.25. The van der Waals surface area contributed by atoms with Crippen molar-refractivity contribution in [2.45, 2.75) is 6.42 Å². The van der Waals surface area contributed by atoms with E-state index >= 15 is 0 Å². The number of nitrogens with one attached hydrogen (secondary N) is 1. The summed E-state index contributed by atoms with van der Waals surface area (Å²) in [6, 6.07) is 6.23. The summed E-state index contributed by atoms with van der Waals surface area (Å²) in [6.45, 7) is 0. The van der Waals surface area contributed by atoms with Crippen LogP contribution < -0.4 is 4.74 Å². The van der Waals surface area contributed by atoms with Crippen LogP contribution in [0.3, 0.4) is 0 Å². The van der Waals surface area contributed by atoms with Gasteiger partial charge in [0.1, 0.15) is 0 Å². The molecule has 134 valence electrons. The van der Waals surface area contributed by atoms with Crippen molar-refractivity contribution in [1.82, 2.24) is 14.9 Å². The second kappa shape index (κ2) is 7.45. The minimum atomic E-state index is -0.578. The molecule has 26 heavy (non-hydrogen) atoms. The summed E-state index contributed by atoms with van der Waals surface area (Å²) < 4.78 is 6.64. The first-order chi connectivity index (χ1) is 12.5. The second-order valence-corrected chi connectivity index (χ2v) is 6.52. The van der Waals surface area contributed by atoms with Crippen molar-refractivity contribution in [3.63, 3.8) is 0 Å². The van der Waals surface area contributed by atoms with Gasteiger partial charge < -0.3 is 9.84 Å². The van der Waals surface area contributed by atoms with Crippen molar-refractivity contribution in [2.75, 3.05) is 7.11 Å². The number of aromatic amines is 1. The molecular formula is C15H13N5O4S2. The Labute approximate surface area is 156 Å². The van der Waals surface area contributed by atoms with E-state index in [2.05, 4.69) is 15.3 Å². The average molecular weight is 391 g/mol. The zero-order valence-corrected chi connectivity index (χ0v) is 15.1. The van der Waals surface area contributed by atoms with Gasteiger partial charge >= 0.3 is 0 Å². The van der Waals surface area contributed by atoms with Crippen molar-refractivity contribution >= 4 is 35.5 Å². The van der Waals surface area contributed by atoms with Crippen LogP contribution in [0.5, 0.6) is 11.5 Å². The first-order valence-corrected chi connectivity index (χ1v) is 8.57. The van der Waals surface area contributed by atoms with E-state index in [9.17, 15) is 15.2 Å². The molecule has 0 atom stereocenters. The van der Waals surface area contributed by atoms with E-state index in [1.807, 2.05) is 17.5 Å². The number of hydrogen-bond acceptors (Lipinski definition) is 8. The number of rotatable bonds is 6. The summed E-state index contributed by atoms with van der Waals surface area (Å²) in [5, 5.41) is 34.2. The molecule has 0 aliphatic heterocycles. The molecule has 1 aromatic carbocycles. The third-order valence-corrected chi connectivity index (χ3v) is 4.60. The van der Waals surface area contributed by atoms with Crippen LogP contribution in [0.4, 0.5) is 5.69 Å². The van der Waals surface area contributed by atoms with E-state index in [0.717, 1.165) is 10.9 Å². The number of phenolic OH excluding ortho intramolecular Hbond substituents is 1. The predicted molar refractivity (Wildman–Crippen MR) is 98.8 cm³/mol. The SMILES string of the molecule is COc1cc([N+](=O)[O-])cc(/C=N\n2c(Cc3cccs3)n[nH]c2=S)c1O. The maximum Gasteiger partial charge on any atom is 0.274 e. The number of non-ortho nitro benzene ring substituents is 1. The Morgan fingerprint density at radius 3 is 3.04 bits per heavy atom. The molecule has 11 heteroatoms. The first-order valence-electron chi connectivity index (χ1n) is 7.28. The van der Waals surface area contributed by atoms with Crippen molar-refractivity contribution < 1.29 is 14.8 Å². The highest BCUT2D eigenvalue weighted by molar-refractivity contribution is 7.71. The van der Waals surface area contributed by atoms with Gasteiger partial charge in [0.05, 0.1) is 24.3 Å². The Hall–Kier alpha value is -3.05. The van der Waals surface area contributed by atoms with Crippen LogP contribution in [0.15, 0.2) is 34.7 Å². The van der Waals surface area contributed by atoms with Gasteiger partial charge in [-0.1, -0.05) is 6.07 Å². The molecule has 0 bridgehead atoms. The van der Waals surface area contributed by atoms with Gasteiger partial charge in [0.2, 0.25) is 4.77 Å². The summed E-state index contributed by atoms with van der Waals surface area (Å²) in [4.78, 5) is 11.5. The Morgan fingerprint density at radius 1 is 1.58 bits per heavy atom. The minimum absolute atomic E-state index is 0.0183. The summed E-state index contributed by atoms with van der Waals surface area (Å²) in [5.74, 6) is 0.303. The number of H-pyrrole nitrogens is 1. The molecule has 0 radical (unpaired) electrons. The normalized spacial score (nSPS) is 11.1. The lowest BCUT2D eigenvalue weighted by atomic mass is 10.2. The van der Waals surface area contributed by atoms with E-state index in [1.54, 1.807) is 11.3 Å². The topological polar surface area (TPSA) is 119 Å². The number of nitro benzene ring substituents is 1. The Bertz CT molecular complexity index is 1020. The van der Waals surface area contributed by atoms with Gasteiger partial charge in [0.15, 0.2) is 17.3 Å². The zero-order chi connectivity index (χ0) is 18.7. The maximum atomic E-state index is 11.0. The summed E-state index contributed by atoms with van der Waals surface area (Å²) in [7, 11) is 1.31. The predicted octanol–water partition coefficient (Wildman–Crippen LogP) is 3.10. The van der Waals surface area contributed by atoms with Crippen molar-refractivity contribution in [1.29, 1.82) is 0 Å². The van der Waals surface area contributed by atoms with Gasteiger partial charge in [-0.25, -0.2) is 0 Å².